The summed E-state index contributed by atoms with van der Waals surface area (Å²) >= 11 is 1.69. The molecule has 0 saturated carbocycles. The third kappa shape index (κ3) is 4.09. The van der Waals surface area contributed by atoms with E-state index in [2.05, 4.69) is 15.0 Å². The first-order valence-corrected chi connectivity index (χ1v) is 9.92. The standard InChI is InChI=1S/C16H25N5O4S/c17-14-11-15(19-8-18-14)21(9-20-11)16-13(24)12(23)10(25-16)7-26-6-4-2-1-3-5-22/h8-10,12-13,16,22-24H,1-7H2,(H2,17,18,19)/t10-,12-,13-,16?/m1/s1. The number of nitrogens with zero attached hydrogens (tertiary/aromatic N) is 4. The fourth-order valence-corrected chi connectivity index (χ4v) is 4.10. The Balaban J connectivity index is 1.56. The van der Waals surface area contributed by atoms with E-state index in [1.165, 1.54) is 12.7 Å². The van der Waals surface area contributed by atoms with Crippen molar-refractivity contribution in [2.24, 2.45) is 0 Å². The predicted molar refractivity (Wildman–Crippen MR) is 98.5 cm³/mol. The third-order valence-corrected chi connectivity index (χ3v) is 5.62. The molecule has 1 aliphatic heterocycles. The highest BCUT2D eigenvalue weighted by atomic mass is 32.2. The van der Waals surface area contributed by atoms with Crippen LogP contribution in [0, 0.1) is 0 Å². The van der Waals surface area contributed by atoms with Gasteiger partial charge >= 0.3 is 0 Å². The molecule has 1 unspecified atom stereocenters. The van der Waals surface area contributed by atoms with E-state index in [0.29, 0.717) is 16.9 Å². The van der Waals surface area contributed by atoms with Crippen LogP contribution < -0.4 is 5.73 Å². The van der Waals surface area contributed by atoms with E-state index >= 15 is 0 Å². The number of anilines is 1. The molecule has 9 nitrogen and oxygen atoms in total. The van der Waals surface area contributed by atoms with Crippen molar-refractivity contribution in [2.45, 2.75) is 50.2 Å². The lowest BCUT2D eigenvalue weighted by molar-refractivity contribution is -0.0289. The normalized spacial score (nSPS) is 26.0. The van der Waals surface area contributed by atoms with E-state index in [0.717, 1.165) is 31.4 Å². The van der Waals surface area contributed by atoms with Crippen molar-refractivity contribution in [3.8, 4) is 0 Å². The number of hydrogen-bond acceptors (Lipinski definition) is 9. The average Bonchev–Trinajstić information content (AvgIpc) is 3.18. The van der Waals surface area contributed by atoms with Gasteiger partial charge in [-0.15, -0.1) is 0 Å². The van der Waals surface area contributed by atoms with Gasteiger partial charge in [0.05, 0.1) is 12.4 Å². The number of nitrogen functional groups attached to an aromatic ring is 1. The second-order valence-corrected chi connectivity index (χ2v) is 7.49. The highest BCUT2D eigenvalue weighted by molar-refractivity contribution is 7.99. The molecule has 0 aromatic carbocycles. The minimum atomic E-state index is -1.07. The van der Waals surface area contributed by atoms with E-state index in [1.807, 2.05) is 0 Å². The van der Waals surface area contributed by atoms with E-state index < -0.39 is 24.5 Å². The molecule has 26 heavy (non-hydrogen) atoms. The fraction of sp³-hybridized carbons (Fsp3) is 0.688. The lowest BCUT2D eigenvalue weighted by Gasteiger charge is -2.16. The van der Waals surface area contributed by atoms with Gasteiger partial charge in [0.15, 0.2) is 17.7 Å². The SMILES string of the molecule is Nc1ncnc2c1ncn2C1O[C@H](CSCCCCCCO)[C@@H](O)[C@H]1O. The maximum absolute atomic E-state index is 10.4. The van der Waals surface area contributed by atoms with Crippen molar-refractivity contribution >= 4 is 28.7 Å². The van der Waals surface area contributed by atoms with Crippen molar-refractivity contribution in [2.75, 3.05) is 23.8 Å². The highest BCUT2D eigenvalue weighted by Gasteiger charge is 2.44. The average molecular weight is 383 g/mol. The maximum atomic E-state index is 10.4. The largest absolute Gasteiger partial charge is 0.396 e. The Morgan fingerprint density at radius 3 is 2.73 bits per heavy atom. The Hall–Kier alpha value is -1.46. The lowest BCUT2D eigenvalue weighted by Crippen LogP contribution is -2.32. The van der Waals surface area contributed by atoms with Crippen LogP contribution in [0.25, 0.3) is 11.2 Å². The van der Waals surface area contributed by atoms with Gasteiger partial charge in [-0.25, -0.2) is 15.0 Å². The molecular weight excluding hydrogens is 358 g/mol. The monoisotopic (exact) mass is 383 g/mol. The summed E-state index contributed by atoms with van der Waals surface area (Å²) in [5.41, 5.74) is 6.69. The quantitative estimate of drug-likeness (QED) is 0.450. The van der Waals surface area contributed by atoms with Crippen molar-refractivity contribution in [3.63, 3.8) is 0 Å². The molecule has 0 amide bonds. The molecule has 1 aliphatic rings. The Morgan fingerprint density at radius 2 is 1.92 bits per heavy atom. The molecule has 0 spiro atoms. The summed E-state index contributed by atoms with van der Waals surface area (Å²) in [6, 6.07) is 0. The van der Waals surface area contributed by atoms with Crippen molar-refractivity contribution in [3.05, 3.63) is 12.7 Å². The number of fused-ring (bicyclic) bond motifs is 1. The molecule has 2 aromatic heterocycles. The summed E-state index contributed by atoms with van der Waals surface area (Å²) in [6.45, 7) is 0.244. The van der Waals surface area contributed by atoms with Gasteiger partial charge in [0.25, 0.3) is 0 Å². The third-order valence-electron chi connectivity index (χ3n) is 4.48. The van der Waals surface area contributed by atoms with Crippen molar-refractivity contribution < 1.29 is 20.1 Å². The van der Waals surface area contributed by atoms with Crippen LogP contribution in [0.4, 0.5) is 5.82 Å². The summed E-state index contributed by atoms with van der Waals surface area (Å²) < 4.78 is 7.48. The molecule has 1 saturated heterocycles. The zero-order chi connectivity index (χ0) is 18.5. The summed E-state index contributed by atoms with van der Waals surface area (Å²) in [6.07, 6.45) is 3.56. The number of hydrogen-bond donors (Lipinski definition) is 4. The van der Waals surface area contributed by atoms with Gasteiger partial charge in [-0.05, 0) is 18.6 Å². The number of nitrogens with two attached hydrogens (primary N) is 1. The number of ether oxygens (including phenoxy) is 1. The number of aliphatic hydroxyl groups is 3. The molecule has 144 valence electrons. The van der Waals surface area contributed by atoms with Gasteiger partial charge in [-0.3, -0.25) is 4.57 Å². The summed E-state index contributed by atoms with van der Waals surface area (Å²) in [4.78, 5) is 12.2. The maximum Gasteiger partial charge on any atom is 0.167 e. The molecule has 3 heterocycles. The fourth-order valence-electron chi connectivity index (χ4n) is 3.02. The van der Waals surface area contributed by atoms with Gasteiger partial charge in [-0.2, -0.15) is 11.8 Å². The number of imidazole rings is 1. The predicted octanol–water partition coefficient (Wildman–Crippen LogP) is 0.314. The second kappa shape index (κ2) is 8.96. The number of unbranched alkanes of at least 4 members (excludes halogenated alkanes) is 3. The molecule has 10 heteroatoms. The first-order chi connectivity index (χ1) is 12.6. The molecule has 1 fully saturated rings. The van der Waals surface area contributed by atoms with Crippen LogP contribution in [0.1, 0.15) is 31.9 Å². The summed E-state index contributed by atoms with van der Waals surface area (Å²) in [5, 5.41) is 29.5. The van der Waals surface area contributed by atoms with Gasteiger partial charge in [0, 0.05) is 12.4 Å². The molecule has 5 N–H and O–H groups in total. The first kappa shape index (κ1) is 19.3. The molecule has 3 rings (SSSR count). The number of rotatable bonds is 9. The van der Waals surface area contributed by atoms with Crippen LogP contribution in [0.3, 0.4) is 0 Å². The van der Waals surface area contributed by atoms with Crippen LogP contribution in [0.2, 0.25) is 0 Å². The highest BCUT2D eigenvalue weighted by Crippen LogP contribution is 2.33. The molecule has 4 atom stereocenters. The topological polar surface area (TPSA) is 140 Å². The van der Waals surface area contributed by atoms with Gasteiger partial charge in [0.2, 0.25) is 0 Å². The molecule has 2 aromatic rings. The van der Waals surface area contributed by atoms with Crippen molar-refractivity contribution in [1.29, 1.82) is 0 Å². The minimum absolute atomic E-state index is 0.244. The Bertz CT molecular complexity index is 715. The second-order valence-electron chi connectivity index (χ2n) is 6.34. The van der Waals surface area contributed by atoms with Crippen LogP contribution in [-0.4, -0.2) is 71.3 Å². The van der Waals surface area contributed by atoms with Gasteiger partial charge < -0.3 is 25.8 Å². The van der Waals surface area contributed by atoms with Crippen LogP contribution in [0.15, 0.2) is 12.7 Å². The van der Waals surface area contributed by atoms with Gasteiger partial charge in [-0.1, -0.05) is 12.8 Å². The Morgan fingerprint density at radius 1 is 1.12 bits per heavy atom. The summed E-state index contributed by atoms with van der Waals surface area (Å²) in [7, 11) is 0. The number of thioether (sulfide) groups is 1. The molecule has 0 aliphatic carbocycles. The van der Waals surface area contributed by atoms with E-state index in [9.17, 15) is 10.2 Å². The lowest BCUT2D eigenvalue weighted by atomic mass is 10.1. The number of aromatic nitrogens is 4. The Kier molecular flexibility index (Phi) is 6.65. The molecule has 0 bridgehead atoms. The smallest absolute Gasteiger partial charge is 0.167 e. The van der Waals surface area contributed by atoms with E-state index in [1.54, 1.807) is 16.3 Å². The van der Waals surface area contributed by atoms with Gasteiger partial charge in [0.1, 0.15) is 24.1 Å². The van der Waals surface area contributed by atoms with Crippen LogP contribution >= 0.6 is 11.8 Å². The first-order valence-electron chi connectivity index (χ1n) is 8.76. The Labute approximate surface area is 155 Å². The molecule has 0 radical (unpaired) electrons. The zero-order valence-electron chi connectivity index (χ0n) is 14.4. The number of aliphatic hydroxyl groups excluding tert-OH is 3. The van der Waals surface area contributed by atoms with Crippen molar-refractivity contribution in [1.82, 2.24) is 19.5 Å². The molecular formula is C16H25N5O4S. The van der Waals surface area contributed by atoms with E-state index in [4.69, 9.17) is 15.6 Å². The summed E-state index contributed by atoms with van der Waals surface area (Å²) in [5.74, 6) is 1.81. The van der Waals surface area contributed by atoms with E-state index in [-0.39, 0.29) is 12.4 Å². The minimum Gasteiger partial charge on any atom is -0.396 e. The van der Waals surface area contributed by atoms with Crippen LogP contribution in [-0.2, 0) is 4.74 Å². The van der Waals surface area contributed by atoms with Crippen LogP contribution in [0.5, 0.6) is 0 Å². The zero-order valence-corrected chi connectivity index (χ0v) is 15.3.